The summed E-state index contributed by atoms with van der Waals surface area (Å²) < 4.78 is 16.0. The van der Waals surface area contributed by atoms with Crippen molar-refractivity contribution in [1.82, 2.24) is 39.7 Å². The van der Waals surface area contributed by atoms with E-state index in [2.05, 4.69) is 35.7 Å². The zero-order chi connectivity index (χ0) is 25.4. The first-order valence-corrected chi connectivity index (χ1v) is 11.3. The number of fused-ring (bicyclic) bond motifs is 1. The van der Waals surface area contributed by atoms with Crippen molar-refractivity contribution >= 4 is 22.5 Å². The third-order valence-electron chi connectivity index (χ3n) is 5.62. The molecular weight excluding hydrogens is 463 g/mol. The Kier molecular flexibility index (Phi) is 5.84. The van der Waals surface area contributed by atoms with Crippen LogP contribution >= 0.6 is 0 Å². The maximum Gasteiger partial charge on any atom is 0.269 e. The molecule has 11 nitrogen and oxygen atoms in total. The average Bonchev–Trinajstić information content (AvgIpc) is 3.34. The lowest BCUT2D eigenvalue weighted by atomic mass is 10.2. The Labute approximate surface area is 204 Å². The monoisotopic (exact) mass is 486 g/mol. The first kappa shape index (κ1) is 23.0. The lowest BCUT2D eigenvalue weighted by Crippen LogP contribution is -2.28. The van der Waals surface area contributed by atoms with Gasteiger partial charge in [-0.25, -0.2) is 19.3 Å². The van der Waals surface area contributed by atoms with Gasteiger partial charge in [0.25, 0.3) is 5.56 Å². The van der Waals surface area contributed by atoms with Crippen molar-refractivity contribution < 1.29 is 4.39 Å². The molecule has 36 heavy (non-hydrogen) atoms. The standard InChI is InChI=1S/C24H23FN10O/c1-13(2)35-32-22(31-33-35)19-20(26)27-12-28-21(19)29-14(3)23-30-17-11-7-10-16(25)18(17)24(36)34(23)15-8-5-4-6-9-15/h4-14H,1-3H3,(H3,26,27,28,29)/t14-/m0/s1. The smallest absolute Gasteiger partial charge is 0.269 e. The summed E-state index contributed by atoms with van der Waals surface area (Å²) in [6.45, 7) is 5.66. The van der Waals surface area contributed by atoms with Gasteiger partial charge < -0.3 is 11.1 Å². The van der Waals surface area contributed by atoms with Crippen LogP contribution in [0.25, 0.3) is 28.0 Å². The Bertz CT molecular complexity index is 1610. The molecule has 0 amide bonds. The molecule has 3 heterocycles. The molecule has 2 aromatic carbocycles. The maximum absolute atomic E-state index is 14.6. The molecule has 5 aromatic rings. The highest BCUT2D eigenvalue weighted by atomic mass is 19.1. The fraction of sp³-hybridized carbons (Fsp3) is 0.208. The summed E-state index contributed by atoms with van der Waals surface area (Å²) in [5.74, 6) is 0.479. The van der Waals surface area contributed by atoms with Gasteiger partial charge in [0.15, 0.2) is 0 Å². The number of rotatable bonds is 6. The molecule has 12 heteroatoms. The topological polar surface area (TPSA) is 142 Å². The molecule has 0 aliphatic carbocycles. The molecule has 0 fully saturated rings. The van der Waals surface area contributed by atoms with Crippen LogP contribution in [0.3, 0.4) is 0 Å². The molecule has 3 aromatic heterocycles. The number of nitrogens with zero attached hydrogens (tertiary/aromatic N) is 8. The van der Waals surface area contributed by atoms with E-state index in [0.717, 1.165) is 0 Å². The quantitative estimate of drug-likeness (QED) is 0.369. The number of aromatic nitrogens is 8. The molecule has 0 bridgehead atoms. The molecule has 0 aliphatic rings. The van der Waals surface area contributed by atoms with Crippen molar-refractivity contribution in [2.75, 3.05) is 11.1 Å². The highest BCUT2D eigenvalue weighted by Gasteiger charge is 2.23. The number of hydrogen-bond donors (Lipinski definition) is 2. The summed E-state index contributed by atoms with van der Waals surface area (Å²) in [5.41, 5.74) is 6.82. The van der Waals surface area contributed by atoms with Gasteiger partial charge in [-0.2, -0.15) is 4.80 Å². The molecule has 0 saturated carbocycles. The molecule has 0 spiro atoms. The number of hydrogen-bond acceptors (Lipinski definition) is 9. The largest absolute Gasteiger partial charge is 0.383 e. The zero-order valence-corrected chi connectivity index (χ0v) is 19.8. The number of tetrazole rings is 1. The van der Waals surface area contributed by atoms with E-state index in [9.17, 15) is 9.18 Å². The van der Waals surface area contributed by atoms with Gasteiger partial charge in [0.05, 0.1) is 23.3 Å². The Morgan fingerprint density at radius 3 is 2.53 bits per heavy atom. The molecule has 5 rings (SSSR count). The van der Waals surface area contributed by atoms with Crippen molar-refractivity contribution in [2.24, 2.45) is 0 Å². The third-order valence-corrected chi connectivity index (χ3v) is 5.62. The van der Waals surface area contributed by atoms with Gasteiger partial charge in [0.1, 0.15) is 40.6 Å². The van der Waals surface area contributed by atoms with E-state index in [1.807, 2.05) is 26.8 Å². The SMILES string of the molecule is CC(C)n1nnc(-c2c(N)ncnc2N[C@@H](C)c2nc3cccc(F)c3c(=O)n2-c2ccccc2)n1. The first-order valence-electron chi connectivity index (χ1n) is 11.3. The Morgan fingerprint density at radius 2 is 1.81 bits per heavy atom. The van der Waals surface area contributed by atoms with Crippen molar-refractivity contribution in [3.8, 4) is 17.1 Å². The van der Waals surface area contributed by atoms with Crippen LogP contribution in [0.4, 0.5) is 16.0 Å². The van der Waals surface area contributed by atoms with Crippen molar-refractivity contribution in [1.29, 1.82) is 0 Å². The minimum atomic E-state index is -0.632. The van der Waals surface area contributed by atoms with Crippen molar-refractivity contribution in [2.45, 2.75) is 32.9 Å². The molecule has 0 unspecified atom stereocenters. The van der Waals surface area contributed by atoms with Crippen LogP contribution in [-0.2, 0) is 0 Å². The zero-order valence-electron chi connectivity index (χ0n) is 19.8. The van der Waals surface area contributed by atoms with Crippen LogP contribution in [0, 0.1) is 5.82 Å². The highest BCUT2D eigenvalue weighted by molar-refractivity contribution is 5.80. The maximum atomic E-state index is 14.6. The fourth-order valence-electron chi connectivity index (χ4n) is 3.87. The molecule has 182 valence electrons. The minimum Gasteiger partial charge on any atom is -0.383 e. The van der Waals surface area contributed by atoms with E-state index in [0.29, 0.717) is 22.9 Å². The average molecular weight is 487 g/mol. The normalized spacial score (nSPS) is 12.2. The van der Waals surface area contributed by atoms with Gasteiger partial charge in [-0.05, 0) is 50.3 Å². The highest BCUT2D eigenvalue weighted by Crippen LogP contribution is 2.30. The number of benzene rings is 2. The van der Waals surface area contributed by atoms with E-state index in [1.165, 1.54) is 27.8 Å². The van der Waals surface area contributed by atoms with Gasteiger partial charge in [-0.15, -0.1) is 10.2 Å². The fourth-order valence-corrected chi connectivity index (χ4v) is 3.87. The predicted molar refractivity (Wildman–Crippen MR) is 133 cm³/mol. The van der Waals surface area contributed by atoms with Crippen LogP contribution < -0.4 is 16.6 Å². The van der Waals surface area contributed by atoms with Crippen molar-refractivity contribution in [3.63, 3.8) is 0 Å². The molecular formula is C24H23FN10O. The second kappa shape index (κ2) is 9.13. The Balaban J connectivity index is 1.65. The van der Waals surface area contributed by atoms with Gasteiger partial charge >= 0.3 is 0 Å². The summed E-state index contributed by atoms with van der Waals surface area (Å²) in [4.78, 5) is 28.1. The number of nitrogens with two attached hydrogens (primary N) is 1. The summed E-state index contributed by atoms with van der Waals surface area (Å²) in [6.07, 6.45) is 1.31. The molecule has 3 N–H and O–H groups in total. The summed E-state index contributed by atoms with van der Waals surface area (Å²) in [6, 6.07) is 12.7. The Morgan fingerprint density at radius 1 is 1.03 bits per heavy atom. The summed E-state index contributed by atoms with van der Waals surface area (Å²) in [7, 11) is 0. The van der Waals surface area contributed by atoms with Crippen LogP contribution in [-0.4, -0.2) is 39.7 Å². The van der Waals surface area contributed by atoms with Crippen LogP contribution in [0.2, 0.25) is 0 Å². The van der Waals surface area contributed by atoms with Crippen molar-refractivity contribution in [3.05, 3.63) is 76.9 Å². The second-order valence-corrected chi connectivity index (χ2v) is 8.46. The predicted octanol–water partition coefficient (Wildman–Crippen LogP) is 3.30. The van der Waals surface area contributed by atoms with Gasteiger partial charge in [0.2, 0.25) is 5.82 Å². The number of anilines is 2. The lowest BCUT2D eigenvalue weighted by Gasteiger charge is -2.21. The van der Waals surface area contributed by atoms with Crippen LogP contribution in [0.5, 0.6) is 0 Å². The van der Waals surface area contributed by atoms with Gasteiger partial charge in [-0.1, -0.05) is 24.3 Å². The van der Waals surface area contributed by atoms with Gasteiger partial charge in [-0.3, -0.25) is 9.36 Å². The van der Waals surface area contributed by atoms with E-state index in [1.54, 1.807) is 30.3 Å². The molecule has 0 aliphatic heterocycles. The number of halogens is 1. The van der Waals surface area contributed by atoms with E-state index in [-0.39, 0.29) is 28.6 Å². The summed E-state index contributed by atoms with van der Waals surface area (Å²) in [5, 5.41) is 15.7. The number of nitrogens with one attached hydrogen (secondary N) is 1. The minimum absolute atomic E-state index is 0.00469. The summed E-state index contributed by atoms with van der Waals surface area (Å²) >= 11 is 0. The Hall–Kier alpha value is -4.74. The lowest BCUT2D eigenvalue weighted by molar-refractivity contribution is 0.455. The number of para-hydroxylation sites is 1. The number of nitrogen functional groups attached to an aromatic ring is 1. The molecule has 1 atom stereocenters. The van der Waals surface area contributed by atoms with E-state index >= 15 is 0 Å². The molecule has 0 radical (unpaired) electrons. The van der Waals surface area contributed by atoms with Crippen LogP contribution in [0.1, 0.15) is 38.7 Å². The second-order valence-electron chi connectivity index (χ2n) is 8.46. The van der Waals surface area contributed by atoms with Crippen LogP contribution in [0.15, 0.2) is 59.7 Å². The van der Waals surface area contributed by atoms with E-state index < -0.39 is 17.4 Å². The first-order chi connectivity index (χ1) is 17.3. The van der Waals surface area contributed by atoms with E-state index in [4.69, 9.17) is 5.73 Å². The van der Waals surface area contributed by atoms with Gasteiger partial charge in [0, 0.05) is 0 Å². The molecule has 0 saturated heterocycles. The third kappa shape index (κ3) is 4.02.